The molecule has 0 aliphatic heterocycles. The van der Waals surface area contributed by atoms with Gasteiger partial charge in [-0.3, -0.25) is 9.59 Å². The van der Waals surface area contributed by atoms with Crippen LogP contribution < -0.4 is 10.6 Å². The average Bonchev–Trinajstić information content (AvgIpc) is 3.37. The molecular weight excluding hydrogens is 376 g/mol. The highest BCUT2D eigenvalue weighted by molar-refractivity contribution is 6.02. The van der Waals surface area contributed by atoms with Crippen LogP contribution in [0.2, 0.25) is 0 Å². The highest BCUT2D eigenvalue weighted by Crippen LogP contribution is 2.27. The summed E-state index contributed by atoms with van der Waals surface area (Å²) in [5.74, 6) is -0.393. The summed E-state index contributed by atoms with van der Waals surface area (Å²) in [5, 5.41) is 5.88. The Kier molecular flexibility index (Phi) is 4.75. The summed E-state index contributed by atoms with van der Waals surface area (Å²) in [5.41, 5.74) is 5.08. The van der Waals surface area contributed by atoms with Crippen LogP contribution in [0.5, 0.6) is 0 Å². The quantitative estimate of drug-likeness (QED) is 0.708. The second-order valence-corrected chi connectivity index (χ2v) is 7.96. The number of carbonyl (C=O) groups excluding carboxylic acids is 2. The molecule has 2 aromatic carbocycles. The lowest BCUT2D eigenvalue weighted by atomic mass is 10.1. The molecule has 0 atom stereocenters. The maximum Gasteiger partial charge on any atom is 0.273 e. The first-order chi connectivity index (χ1) is 14.7. The lowest BCUT2D eigenvalue weighted by Crippen LogP contribution is -2.36. The van der Waals surface area contributed by atoms with Gasteiger partial charge in [-0.05, 0) is 47.9 Å². The number of hydrogen-bond donors (Lipinski definition) is 2. The highest BCUT2D eigenvalue weighted by Gasteiger charge is 2.29. The Morgan fingerprint density at radius 3 is 1.90 bits per heavy atom. The van der Waals surface area contributed by atoms with Crippen LogP contribution in [-0.2, 0) is 30.5 Å². The van der Waals surface area contributed by atoms with E-state index in [0.717, 1.165) is 12.8 Å². The summed E-state index contributed by atoms with van der Waals surface area (Å²) in [6.07, 6.45) is 5.95. The number of hydrogen-bond acceptors (Lipinski definition) is 4. The normalized spacial score (nSPS) is 15.5. The molecule has 2 amide bonds. The van der Waals surface area contributed by atoms with Crippen molar-refractivity contribution in [1.29, 1.82) is 0 Å². The van der Waals surface area contributed by atoms with Crippen LogP contribution in [0.25, 0.3) is 0 Å². The molecule has 150 valence electrons. The number of anilines is 1. The summed E-state index contributed by atoms with van der Waals surface area (Å²) in [7, 11) is 0. The number of nitrogens with one attached hydrogen (secondary N) is 2. The topological polar surface area (TPSA) is 84.0 Å². The fourth-order valence-corrected chi connectivity index (χ4v) is 4.47. The van der Waals surface area contributed by atoms with E-state index in [2.05, 4.69) is 44.9 Å². The van der Waals surface area contributed by atoms with E-state index >= 15 is 0 Å². The Hall–Kier alpha value is -3.54. The zero-order valence-corrected chi connectivity index (χ0v) is 16.5. The minimum absolute atomic E-state index is 0.0183. The summed E-state index contributed by atoms with van der Waals surface area (Å²) in [4.78, 5) is 34.1. The van der Waals surface area contributed by atoms with Crippen molar-refractivity contribution in [3.63, 3.8) is 0 Å². The van der Waals surface area contributed by atoms with Crippen molar-refractivity contribution >= 4 is 17.6 Å². The van der Waals surface area contributed by atoms with E-state index in [1.165, 1.54) is 34.6 Å². The minimum atomic E-state index is -0.314. The van der Waals surface area contributed by atoms with Gasteiger partial charge in [-0.2, -0.15) is 0 Å². The van der Waals surface area contributed by atoms with Crippen LogP contribution in [0, 0.1) is 5.92 Å². The number of fused-ring (bicyclic) bond motifs is 2. The first-order valence-electron chi connectivity index (χ1n) is 10.2. The Bertz CT molecular complexity index is 1080. The molecule has 2 N–H and O–H groups in total. The molecule has 3 aromatic rings. The first kappa shape index (κ1) is 18.5. The number of carbonyl (C=O) groups is 2. The molecule has 0 saturated carbocycles. The van der Waals surface area contributed by atoms with Gasteiger partial charge in [-0.15, -0.1) is 0 Å². The van der Waals surface area contributed by atoms with E-state index in [0.29, 0.717) is 12.8 Å². The predicted molar refractivity (Wildman–Crippen MR) is 113 cm³/mol. The number of amides is 2. The summed E-state index contributed by atoms with van der Waals surface area (Å²) >= 11 is 0. The summed E-state index contributed by atoms with van der Waals surface area (Å²) in [6.45, 7) is 0. The SMILES string of the molecule is O=C(NC1Cc2ccccc2C1)c1nccnc1NC(=O)C1Cc2ccccc2C1. The molecule has 2 aliphatic rings. The molecule has 0 fully saturated rings. The molecular formula is C24H22N4O2. The Balaban J connectivity index is 1.27. The van der Waals surface area contributed by atoms with Crippen LogP contribution in [0.3, 0.4) is 0 Å². The van der Waals surface area contributed by atoms with Gasteiger partial charge in [-0.25, -0.2) is 9.97 Å². The third-order valence-electron chi connectivity index (χ3n) is 5.96. The molecule has 0 spiro atoms. The molecule has 1 heterocycles. The second kappa shape index (κ2) is 7.71. The molecule has 6 heteroatoms. The average molecular weight is 398 g/mol. The van der Waals surface area contributed by atoms with Crippen LogP contribution in [0.15, 0.2) is 60.9 Å². The van der Waals surface area contributed by atoms with E-state index in [-0.39, 0.29) is 35.3 Å². The first-order valence-corrected chi connectivity index (χ1v) is 10.2. The lowest BCUT2D eigenvalue weighted by molar-refractivity contribution is -0.119. The molecule has 0 saturated heterocycles. The standard InChI is InChI=1S/C24H22N4O2/c29-23(19-11-15-5-1-2-6-16(15)12-19)28-22-21(25-9-10-26-22)24(30)27-20-13-17-7-3-4-8-18(17)14-20/h1-10,19-20H,11-14H2,(H,27,30)(H,26,28,29). The van der Waals surface area contributed by atoms with E-state index in [1.807, 2.05) is 24.3 Å². The summed E-state index contributed by atoms with van der Waals surface area (Å²) < 4.78 is 0. The molecule has 2 aliphatic carbocycles. The maximum absolute atomic E-state index is 12.9. The Morgan fingerprint density at radius 2 is 1.30 bits per heavy atom. The largest absolute Gasteiger partial charge is 0.347 e. The van der Waals surface area contributed by atoms with Crippen molar-refractivity contribution in [2.45, 2.75) is 31.7 Å². The van der Waals surface area contributed by atoms with Crippen LogP contribution in [0.1, 0.15) is 32.7 Å². The third kappa shape index (κ3) is 3.56. The number of nitrogens with zero attached hydrogens (tertiary/aromatic N) is 2. The van der Waals surface area contributed by atoms with Gasteiger partial charge in [0.05, 0.1) is 0 Å². The van der Waals surface area contributed by atoms with Gasteiger partial charge in [0, 0.05) is 24.4 Å². The maximum atomic E-state index is 12.9. The van der Waals surface area contributed by atoms with E-state index in [1.54, 1.807) is 0 Å². The van der Waals surface area contributed by atoms with Crippen molar-refractivity contribution in [2.75, 3.05) is 5.32 Å². The van der Waals surface area contributed by atoms with Crippen molar-refractivity contribution in [2.24, 2.45) is 5.92 Å². The van der Waals surface area contributed by atoms with Gasteiger partial charge in [0.25, 0.3) is 5.91 Å². The number of benzene rings is 2. The summed E-state index contributed by atoms with van der Waals surface area (Å²) in [6, 6.07) is 16.3. The van der Waals surface area contributed by atoms with Crippen molar-refractivity contribution in [3.8, 4) is 0 Å². The Morgan fingerprint density at radius 1 is 0.767 bits per heavy atom. The smallest absolute Gasteiger partial charge is 0.273 e. The highest BCUT2D eigenvalue weighted by atomic mass is 16.2. The monoisotopic (exact) mass is 398 g/mol. The third-order valence-corrected chi connectivity index (χ3v) is 5.96. The zero-order chi connectivity index (χ0) is 20.5. The van der Waals surface area contributed by atoms with Gasteiger partial charge in [0.2, 0.25) is 5.91 Å². The van der Waals surface area contributed by atoms with Crippen molar-refractivity contribution in [1.82, 2.24) is 15.3 Å². The van der Waals surface area contributed by atoms with Gasteiger partial charge < -0.3 is 10.6 Å². The van der Waals surface area contributed by atoms with Crippen molar-refractivity contribution in [3.05, 3.63) is 88.9 Å². The molecule has 0 radical (unpaired) electrons. The fraction of sp³-hybridized carbons (Fsp3) is 0.250. The van der Waals surface area contributed by atoms with E-state index < -0.39 is 0 Å². The van der Waals surface area contributed by atoms with Crippen LogP contribution in [-0.4, -0.2) is 27.8 Å². The van der Waals surface area contributed by atoms with Gasteiger partial charge >= 0.3 is 0 Å². The van der Waals surface area contributed by atoms with E-state index in [4.69, 9.17) is 0 Å². The van der Waals surface area contributed by atoms with Crippen molar-refractivity contribution < 1.29 is 9.59 Å². The van der Waals surface area contributed by atoms with Gasteiger partial charge in [0.1, 0.15) is 0 Å². The molecule has 5 rings (SSSR count). The fourth-order valence-electron chi connectivity index (χ4n) is 4.47. The molecule has 6 nitrogen and oxygen atoms in total. The molecule has 0 unspecified atom stereocenters. The number of rotatable bonds is 4. The molecule has 0 bridgehead atoms. The zero-order valence-electron chi connectivity index (χ0n) is 16.5. The lowest BCUT2D eigenvalue weighted by Gasteiger charge is -2.15. The molecule has 1 aromatic heterocycles. The Labute approximate surface area is 174 Å². The number of aromatic nitrogens is 2. The van der Waals surface area contributed by atoms with Gasteiger partial charge in [0.15, 0.2) is 11.5 Å². The van der Waals surface area contributed by atoms with Crippen LogP contribution >= 0.6 is 0 Å². The minimum Gasteiger partial charge on any atom is -0.347 e. The van der Waals surface area contributed by atoms with Gasteiger partial charge in [-0.1, -0.05) is 48.5 Å². The van der Waals surface area contributed by atoms with E-state index in [9.17, 15) is 9.59 Å². The van der Waals surface area contributed by atoms with Crippen LogP contribution in [0.4, 0.5) is 5.82 Å². The molecule has 30 heavy (non-hydrogen) atoms. The second-order valence-electron chi connectivity index (χ2n) is 7.96. The predicted octanol–water partition coefficient (Wildman–Crippen LogP) is 2.73.